The number of carbonyl (C=O) groups is 2. The Morgan fingerprint density at radius 1 is 1.50 bits per heavy atom. The molecule has 1 aromatic rings. The van der Waals surface area contributed by atoms with Gasteiger partial charge < -0.3 is 5.11 Å². The Hall–Kier alpha value is -0.680. The summed E-state index contributed by atoms with van der Waals surface area (Å²) in [5.74, 6) is -1.64. The van der Waals surface area contributed by atoms with Gasteiger partial charge in [-0.25, -0.2) is 0 Å². The van der Waals surface area contributed by atoms with Crippen LogP contribution in [0, 0.1) is 11.8 Å². The van der Waals surface area contributed by atoms with Gasteiger partial charge in [0.15, 0.2) is 5.78 Å². The van der Waals surface area contributed by atoms with E-state index in [4.69, 9.17) is 5.11 Å². The van der Waals surface area contributed by atoms with Crippen LogP contribution in [0.3, 0.4) is 0 Å². The minimum Gasteiger partial charge on any atom is -0.481 e. The Morgan fingerprint density at radius 3 is 2.64 bits per heavy atom. The summed E-state index contributed by atoms with van der Waals surface area (Å²) in [6, 6.07) is 1.74. The van der Waals surface area contributed by atoms with Gasteiger partial charge in [-0.05, 0) is 28.4 Å². The molecule has 14 heavy (non-hydrogen) atoms. The predicted octanol–water partition coefficient (Wildman–Crippen LogP) is 2.41. The van der Waals surface area contributed by atoms with E-state index in [1.807, 2.05) is 5.38 Å². The molecule has 3 nitrogen and oxygen atoms in total. The van der Waals surface area contributed by atoms with E-state index in [0.29, 0.717) is 11.3 Å². The number of carboxylic acid groups (broad SMARTS) is 1. The molecule has 5 heteroatoms. The van der Waals surface area contributed by atoms with Crippen LogP contribution in [0.2, 0.25) is 0 Å². The van der Waals surface area contributed by atoms with Gasteiger partial charge in [0.1, 0.15) is 0 Å². The van der Waals surface area contributed by atoms with Crippen molar-refractivity contribution in [1.82, 2.24) is 0 Å². The fourth-order valence-electron chi connectivity index (χ4n) is 1.38. The van der Waals surface area contributed by atoms with Gasteiger partial charge in [-0.2, -0.15) is 0 Å². The van der Waals surface area contributed by atoms with Crippen molar-refractivity contribution in [2.24, 2.45) is 11.8 Å². The van der Waals surface area contributed by atoms with Gasteiger partial charge in [0.25, 0.3) is 0 Å². The number of hydrogen-bond acceptors (Lipinski definition) is 3. The first kappa shape index (κ1) is 9.86. The Morgan fingerprint density at radius 2 is 2.21 bits per heavy atom. The first-order valence-corrected chi connectivity index (χ1v) is 5.78. The number of ketones is 1. The maximum absolute atomic E-state index is 11.7. The molecule has 1 aliphatic carbocycles. The number of Topliss-reactive ketones (excluding diaryl/α,β-unsaturated/α-hetero) is 1. The standard InChI is InChI=1S/C9H7BrO3S/c10-4-1-7(14-3-4)8(11)5-2-6(5)9(12)13/h1,3,5-6H,2H2,(H,12,13). The zero-order valence-corrected chi connectivity index (χ0v) is 9.47. The van der Waals surface area contributed by atoms with Crippen LogP contribution in [0.4, 0.5) is 0 Å². The van der Waals surface area contributed by atoms with E-state index in [0.717, 1.165) is 4.47 Å². The quantitative estimate of drug-likeness (QED) is 0.862. The van der Waals surface area contributed by atoms with Gasteiger partial charge in [0, 0.05) is 15.8 Å². The second kappa shape index (κ2) is 3.47. The molecule has 2 unspecified atom stereocenters. The van der Waals surface area contributed by atoms with Crippen molar-refractivity contribution in [2.45, 2.75) is 6.42 Å². The molecule has 0 spiro atoms. The van der Waals surface area contributed by atoms with Crippen molar-refractivity contribution < 1.29 is 14.7 Å². The van der Waals surface area contributed by atoms with E-state index < -0.39 is 11.9 Å². The van der Waals surface area contributed by atoms with Crippen LogP contribution in [0.25, 0.3) is 0 Å². The largest absolute Gasteiger partial charge is 0.481 e. The summed E-state index contributed by atoms with van der Waals surface area (Å²) in [4.78, 5) is 22.9. The molecule has 1 aliphatic rings. The Kier molecular flexibility index (Phi) is 2.45. The molecular formula is C9H7BrO3S. The Bertz CT molecular complexity index is 399. The molecule has 0 saturated heterocycles. The number of thiophene rings is 1. The van der Waals surface area contributed by atoms with E-state index in [2.05, 4.69) is 15.9 Å². The SMILES string of the molecule is O=C(O)C1CC1C(=O)c1cc(Br)cs1. The van der Waals surface area contributed by atoms with E-state index in [9.17, 15) is 9.59 Å². The zero-order valence-electron chi connectivity index (χ0n) is 7.07. The minimum atomic E-state index is -0.862. The summed E-state index contributed by atoms with van der Waals surface area (Å²) in [7, 11) is 0. The predicted molar refractivity (Wildman–Crippen MR) is 55.6 cm³/mol. The average molecular weight is 275 g/mol. The molecule has 1 fully saturated rings. The summed E-state index contributed by atoms with van der Waals surface area (Å²) in [6.07, 6.45) is 0.490. The third kappa shape index (κ3) is 1.74. The minimum absolute atomic E-state index is 0.0342. The first-order chi connectivity index (χ1) is 6.59. The van der Waals surface area contributed by atoms with Gasteiger partial charge in [0.05, 0.1) is 10.8 Å². The van der Waals surface area contributed by atoms with Crippen LogP contribution in [-0.4, -0.2) is 16.9 Å². The van der Waals surface area contributed by atoms with E-state index in [1.165, 1.54) is 11.3 Å². The van der Waals surface area contributed by atoms with Crippen LogP contribution in [0.1, 0.15) is 16.1 Å². The topological polar surface area (TPSA) is 54.4 Å². The second-order valence-electron chi connectivity index (χ2n) is 3.28. The van der Waals surface area contributed by atoms with Crippen molar-refractivity contribution >= 4 is 39.0 Å². The molecule has 1 N–H and O–H groups in total. The van der Waals surface area contributed by atoms with E-state index in [1.54, 1.807) is 6.07 Å². The number of hydrogen-bond donors (Lipinski definition) is 1. The fourth-order valence-corrected chi connectivity index (χ4v) is 2.81. The molecule has 74 valence electrons. The molecule has 1 heterocycles. The molecule has 0 bridgehead atoms. The van der Waals surface area contributed by atoms with Crippen molar-refractivity contribution in [2.75, 3.05) is 0 Å². The number of halogens is 1. The number of carbonyl (C=O) groups excluding carboxylic acids is 1. The molecular weight excluding hydrogens is 268 g/mol. The van der Waals surface area contributed by atoms with Crippen LogP contribution in [-0.2, 0) is 4.79 Å². The highest BCUT2D eigenvalue weighted by Crippen LogP contribution is 2.42. The van der Waals surface area contributed by atoms with Gasteiger partial charge in [-0.15, -0.1) is 11.3 Å². The monoisotopic (exact) mass is 274 g/mol. The van der Waals surface area contributed by atoms with Crippen molar-refractivity contribution in [3.05, 3.63) is 20.8 Å². The van der Waals surface area contributed by atoms with Crippen LogP contribution in [0.5, 0.6) is 0 Å². The highest BCUT2D eigenvalue weighted by molar-refractivity contribution is 9.10. The molecule has 1 saturated carbocycles. The Balaban J connectivity index is 2.08. The second-order valence-corrected chi connectivity index (χ2v) is 5.11. The van der Waals surface area contributed by atoms with Gasteiger partial charge in [-0.3, -0.25) is 9.59 Å². The third-order valence-corrected chi connectivity index (χ3v) is 3.96. The third-order valence-electron chi connectivity index (χ3n) is 2.25. The molecule has 0 amide bonds. The van der Waals surface area contributed by atoms with Crippen molar-refractivity contribution in [1.29, 1.82) is 0 Å². The van der Waals surface area contributed by atoms with Crippen molar-refractivity contribution in [3.63, 3.8) is 0 Å². The lowest BCUT2D eigenvalue weighted by Gasteiger charge is -1.92. The lowest BCUT2D eigenvalue weighted by Crippen LogP contribution is -2.06. The van der Waals surface area contributed by atoms with Gasteiger partial charge >= 0.3 is 5.97 Å². The summed E-state index contributed by atoms with van der Waals surface area (Å²) in [5.41, 5.74) is 0. The Labute approximate surface area is 92.9 Å². The van der Waals surface area contributed by atoms with Gasteiger partial charge in [0.2, 0.25) is 0 Å². The van der Waals surface area contributed by atoms with Crippen LogP contribution < -0.4 is 0 Å². The van der Waals surface area contributed by atoms with E-state index >= 15 is 0 Å². The molecule has 1 aromatic heterocycles. The highest BCUT2D eigenvalue weighted by Gasteiger charge is 2.48. The summed E-state index contributed by atoms with van der Waals surface area (Å²) in [6.45, 7) is 0. The highest BCUT2D eigenvalue weighted by atomic mass is 79.9. The number of carboxylic acids is 1. The molecule has 2 rings (SSSR count). The van der Waals surface area contributed by atoms with Crippen molar-refractivity contribution in [3.8, 4) is 0 Å². The molecule has 2 atom stereocenters. The zero-order chi connectivity index (χ0) is 10.3. The van der Waals surface area contributed by atoms with Crippen LogP contribution >= 0.6 is 27.3 Å². The summed E-state index contributed by atoms with van der Waals surface area (Å²) < 4.78 is 0.873. The van der Waals surface area contributed by atoms with Gasteiger partial charge in [-0.1, -0.05) is 0 Å². The normalized spacial score (nSPS) is 24.6. The maximum atomic E-state index is 11.7. The number of rotatable bonds is 3. The van der Waals surface area contributed by atoms with E-state index in [-0.39, 0.29) is 11.7 Å². The first-order valence-electron chi connectivity index (χ1n) is 4.10. The molecule has 0 aliphatic heterocycles. The smallest absolute Gasteiger partial charge is 0.307 e. The lowest BCUT2D eigenvalue weighted by atomic mass is 10.2. The lowest BCUT2D eigenvalue weighted by molar-refractivity contribution is -0.138. The molecule has 0 aromatic carbocycles. The number of aliphatic carboxylic acids is 1. The fraction of sp³-hybridized carbons (Fsp3) is 0.333. The summed E-state index contributed by atoms with van der Waals surface area (Å²) >= 11 is 4.61. The maximum Gasteiger partial charge on any atom is 0.307 e. The average Bonchev–Trinajstić information content (AvgIpc) is 2.82. The molecule has 0 radical (unpaired) electrons. The summed E-state index contributed by atoms with van der Waals surface area (Å²) in [5, 5.41) is 10.5. The van der Waals surface area contributed by atoms with Crippen LogP contribution in [0.15, 0.2) is 15.9 Å².